The van der Waals surface area contributed by atoms with Crippen LogP contribution in [0.1, 0.15) is 28.7 Å². The number of aryl methyl sites for hydroxylation is 3. The topological polar surface area (TPSA) is 55.1 Å². The molecule has 2 aromatic rings. The first-order chi connectivity index (χ1) is 9.11. The van der Waals surface area contributed by atoms with Crippen LogP contribution in [0.2, 0.25) is 0 Å². The zero-order valence-electron chi connectivity index (χ0n) is 10.6. The summed E-state index contributed by atoms with van der Waals surface area (Å²) in [5.74, 6) is -0.977. The van der Waals surface area contributed by atoms with Gasteiger partial charge in [0.2, 0.25) is 0 Å². The fraction of sp³-hybridized carbons (Fsp3) is 0.286. The molecule has 0 aliphatic carbocycles. The maximum Gasteiger partial charge on any atom is 0.356 e. The summed E-state index contributed by atoms with van der Waals surface area (Å²) in [7, 11) is 0. The van der Waals surface area contributed by atoms with Crippen molar-refractivity contribution in [2.75, 3.05) is 0 Å². The number of carbonyl (C=O) groups is 1. The second-order valence-electron chi connectivity index (χ2n) is 4.24. The summed E-state index contributed by atoms with van der Waals surface area (Å²) in [4.78, 5) is 10.9. The predicted octanol–water partition coefficient (Wildman–Crippen LogP) is 3.15. The van der Waals surface area contributed by atoms with Gasteiger partial charge in [0.15, 0.2) is 5.69 Å². The summed E-state index contributed by atoms with van der Waals surface area (Å²) in [6, 6.07) is 9.66. The van der Waals surface area contributed by atoms with Crippen LogP contribution in [0.4, 0.5) is 0 Å². The summed E-state index contributed by atoms with van der Waals surface area (Å²) < 4.78 is 2.85. The maximum absolute atomic E-state index is 10.9. The molecular weight excluding hydrogens is 308 g/mol. The molecule has 2 rings (SSSR count). The van der Waals surface area contributed by atoms with E-state index in [0.717, 1.165) is 23.0 Å². The Hall–Kier alpha value is -1.62. The molecule has 0 unspecified atom stereocenters. The van der Waals surface area contributed by atoms with Crippen molar-refractivity contribution in [3.8, 4) is 0 Å². The van der Waals surface area contributed by atoms with Gasteiger partial charge in [0.25, 0.3) is 0 Å². The van der Waals surface area contributed by atoms with Gasteiger partial charge in [-0.2, -0.15) is 5.10 Å². The molecule has 0 amide bonds. The number of nitrogens with zero attached hydrogens (tertiary/aromatic N) is 2. The van der Waals surface area contributed by atoms with Gasteiger partial charge in [-0.15, -0.1) is 0 Å². The number of aromatic nitrogens is 2. The van der Waals surface area contributed by atoms with Crippen molar-refractivity contribution in [1.29, 1.82) is 0 Å². The molecule has 0 saturated heterocycles. The molecule has 0 atom stereocenters. The molecular formula is C14H15BrN2O2. The third kappa shape index (κ3) is 3.23. The molecule has 1 aromatic heterocycles. The molecule has 0 fully saturated rings. The number of benzene rings is 1. The Kier molecular flexibility index (Phi) is 4.37. The Morgan fingerprint density at radius 3 is 2.79 bits per heavy atom. The Morgan fingerprint density at radius 2 is 2.16 bits per heavy atom. The fourth-order valence-electron chi connectivity index (χ4n) is 1.97. The van der Waals surface area contributed by atoms with E-state index in [4.69, 9.17) is 5.11 Å². The number of aromatic carboxylic acids is 1. The van der Waals surface area contributed by atoms with E-state index < -0.39 is 5.97 Å². The summed E-state index contributed by atoms with van der Waals surface area (Å²) in [6.07, 6.45) is 1.59. The monoisotopic (exact) mass is 322 g/mol. The van der Waals surface area contributed by atoms with E-state index in [1.54, 1.807) is 10.7 Å². The average Bonchev–Trinajstić information content (AvgIpc) is 2.81. The molecule has 1 aromatic carbocycles. The molecule has 0 aliphatic heterocycles. The van der Waals surface area contributed by atoms with Crippen molar-refractivity contribution in [1.82, 2.24) is 9.78 Å². The van der Waals surface area contributed by atoms with Crippen molar-refractivity contribution in [2.45, 2.75) is 26.3 Å². The molecule has 4 nitrogen and oxygen atoms in total. The van der Waals surface area contributed by atoms with Crippen LogP contribution in [0.3, 0.4) is 0 Å². The first-order valence-corrected chi connectivity index (χ1v) is 6.94. The van der Waals surface area contributed by atoms with Crippen molar-refractivity contribution >= 4 is 21.9 Å². The minimum Gasteiger partial charge on any atom is -0.476 e. The van der Waals surface area contributed by atoms with Gasteiger partial charge in [0, 0.05) is 16.7 Å². The Bertz CT molecular complexity index is 593. The van der Waals surface area contributed by atoms with E-state index in [1.165, 1.54) is 5.56 Å². The summed E-state index contributed by atoms with van der Waals surface area (Å²) in [5, 5.41) is 13.1. The molecule has 0 aliphatic rings. The standard InChI is InChI=1S/C14H15BrN2O2/c1-2-11-9-13(14(18)19)16-17(11)8-7-10-5-3-4-6-12(10)15/h3-6,9H,2,7-8H2,1H3,(H,18,19). The molecule has 0 radical (unpaired) electrons. The number of rotatable bonds is 5. The first-order valence-electron chi connectivity index (χ1n) is 6.15. The molecule has 100 valence electrons. The number of carboxylic acids is 1. The van der Waals surface area contributed by atoms with Crippen LogP contribution in [0.25, 0.3) is 0 Å². The lowest BCUT2D eigenvalue weighted by molar-refractivity contribution is 0.0689. The minimum absolute atomic E-state index is 0.115. The fourth-order valence-corrected chi connectivity index (χ4v) is 2.45. The van der Waals surface area contributed by atoms with E-state index in [-0.39, 0.29) is 5.69 Å². The molecule has 0 bridgehead atoms. The molecule has 0 saturated carbocycles. The molecule has 19 heavy (non-hydrogen) atoms. The Labute approximate surface area is 120 Å². The third-order valence-electron chi connectivity index (χ3n) is 3.00. The highest BCUT2D eigenvalue weighted by Gasteiger charge is 2.12. The highest BCUT2D eigenvalue weighted by Crippen LogP contribution is 2.17. The SMILES string of the molecule is CCc1cc(C(=O)O)nn1CCc1ccccc1Br. The second kappa shape index (κ2) is 6.02. The quantitative estimate of drug-likeness (QED) is 0.920. The summed E-state index contributed by atoms with van der Waals surface area (Å²) in [5.41, 5.74) is 2.25. The molecule has 1 heterocycles. The van der Waals surface area contributed by atoms with Crippen molar-refractivity contribution in [3.63, 3.8) is 0 Å². The van der Waals surface area contributed by atoms with Gasteiger partial charge in [-0.05, 0) is 30.5 Å². The van der Waals surface area contributed by atoms with E-state index in [0.29, 0.717) is 6.54 Å². The minimum atomic E-state index is -0.977. The Morgan fingerprint density at radius 1 is 1.42 bits per heavy atom. The first kappa shape index (κ1) is 13.8. The van der Waals surface area contributed by atoms with Crippen LogP contribution >= 0.6 is 15.9 Å². The molecule has 5 heteroatoms. The van der Waals surface area contributed by atoms with Gasteiger partial charge >= 0.3 is 5.97 Å². The number of carboxylic acid groups (broad SMARTS) is 1. The Balaban J connectivity index is 2.15. The van der Waals surface area contributed by atoms with Gasteiger partial charge in [-0.3, -0.25) is 4.68 Å². The highest BCUT2D eigenvalue weighted by molar-refractivity contribution is 9.10. The average molecular weight is 323 g/mol. The van der Waals surface area contributed by atoms with E-state index >= 15 is 0 Å². The zero-order valence-corrected chi connectivity index (χ0v) is 12.2. The van der Waals surface area contributed by atoms with Crippen LogP contribution in [0, 0.1) is 0 Å². The van der Waals surface area contributed by atoms with Crippen LogP contribution in [0.15, 0.2) is 34.8 Å². The van der Waals surface area contributed by atoms with Gasteiger partial charge in [-0.1, -0.05) is 41.1 Å². The van der Waals surface area contributed by atoms with Crippen LogP contribution < -0.4 is 0 Å². The second-order valence-corrected chi connectivity index (χ2v) is 5.10. The lowest BCUT2D eigenvalue weighted by Gasteiger charge is -2.07. The van der Waals surface area contributed by atoms with E-state index in [2.05, 4.69) is 27.1 Å². The lowest BCUT2D eigenvalue weighted by Crippen LogP contribution is -2.08. The normalized spacial score (nSPS) is 10.6. The van der Waals surface area contributed by atoms with Gasteiger partial charge < -0.3 is 5.11 Å². The van der Waals surface area contributed by atoms with Crippen molar-refractivity contribution in [2.24, 2.45) is 0 Å². The third-order valence-corrected chi connectivity index (χ3v) is 3.77. The smallest absolute Gasteiger partial charge is 0.356 e. The van der Waals surface area contributed by atoms with E-state index in [9.17, 15) is 4.79 Å². The molecule has 1 N–H and O–H groups in total. The zero-order chi connectivity index (χ0) is 13.8. The number of halogens is 1. The molecule has 0 spiro atoms. The maximum atomic E-state index is 10.9. The van der Waals surface area contributed by atoms with Crippen LogP contribution in [0.5, 0.6) is 0 Å². The summed E-state index contributed by atoms with van der Waals surface area (Å²) in [6.45, 7) is 2.68. The van der Waals surface area contributed by atoms with Crippen molar-refractivity contribution < 1.29 is 9.90 Å². The van der Waals surface area contributed by atoms with Gasteiger partial charge in [0.05, 0.1) is 0 Å². The van der Waals surface area contributed by atoms with Crippen molar-refractivity contribution in [3.05, 3.63) is 51.8 Å². The van der Waals surface area contributed by atoms with Gasteiger partial charge in [0.1, 0.15) is 0 Å². The number of hydrogen-bond donors (Lipinski definition) is 1. The predicted molar refractivity (Wildman–Crippen MR) is 76.4 cm³/mol. The lowest BCUT2D eigenvalue weighted by atomic mass is 10.1. The van der Waals surface area contributed by atoms with E-state index in [1.807, 2.05) is 25.1 Å². The summed E-state index contributed by atoms with van der Waals surface area (Å²) >= 11 is 3.51. The van der Waals surface area contributed by atoms with Gasteiger partial charge in [-0.25, -0.2) is 4.79 Å². The van der Waals surface area contributed by atoms with Crippen LogP contribution in [-0.4, -0.2) is 20.9 Å². The number of hydrogen-bond acceptors (Lipinski definition) is 2. The highest BCUT2D eigenvalue weighted by atomic mass is 79.9. The largest absolute Gasteiger partial charge is 0.476 e. The van der Waals surface area contributed by atoms with Crippen LogP contribution in [-0.2, 0) is 19.4 Å².